The summed E-state index contributed by atoms with van der Waals surface area (Å²) in [5.41, 5.74) is 7.47. The van der Waals surface area contributed by atoms with Crippen LogP contribution in [0.1, 0.15) is 41.6 Å². The molecule has 1 aromatic rings. The monoisotopic (exact) mass is 233 g/mol. The van der Waals surface area contributed by atoms with Crippen LogP contribution in [0.3, 0.4) is 0 Å². The Morgan fingerprint density at radius 3 is 2.76 bits per heavy atom. The van der Waals surface area contributed by atoms with Crippen molar-refractivity contribution in [3.63, 3.8) is 0 Å². The molecule has 1 heterocycles. The van der Waals surface area contributed by atoms with E-state index in [1.54, 1.807) is 18.5 Å². The Labute approximate surface area is 102 Å². The molecule has 1 aliphatic rings. The summed E-state index contributed by atoms with van der Waals surface area (Å²) in [6.07, 6.45) is 7.33. The molecule has 1 aromatic heterocycles. The SMILES string of the molecule is Cc1cnccc1C(=O)N[C@H]1CC[C@H](N)CC1. The third-order valence-corrected chi connectivity index (χ3v) is 3.37. The first-order valence-electron chi connectivity index (χ1n) is 6.14. The highest BCUT2D eigenvalue weighted by atomic mass is 16.1. The van der Waals surface area contributed by atoms with E-state index in [1.165, 1.54) is 0 Å². The molecule has 0 bridgehead atoms. The fraction of sp³-hybridized carbons (Fsp3) is 0.538. The standard InChI is InChI=1S/C13H19N3O/c1-9-8-15-7-6-12(9)13(17)16-11-4-2-10(14)3-5-11/h6-8,10-11H,2-5,14H2,1H3,(H,16,17)/t10-,11-. The van der Waals surface area contributed by atoms with Crippen molar-refractivity contribution < 1.29 is 4.79 Å². The zero-order valence-corrected chi connectivity index (χ0v) is 10.1. The topological polar surface area (TPSA) is 68.0 Å². The molecule has 3 N–H and O–H groups in total. The number of nitrogens with zero attached hydrogens (tertiary/aromatic N) is 1. The lowest BCUT2D eigenvalue weighted by Gasteiger charge is -2.26. The van der Waals surface area contributed by atoms with Crippen molar-refractivity contribution in [1.29, 1.82) is 0 Å². The Hall–Kier alpha value is -1.42. The molecule has 0 atom stereocenters. The Morgan fingerprint density at radius 1 is 1.41 bits per heavy atom. The average molecular weight is 233 g/mol. The van der Waals surface area contributed by atoms with Crippen LogP contribution < -0.4 is 11.1 Å². The number of hydrogen-bond acceptors (Lipinski definition) is 3. The summed E-state index contributed by atoms with van der Waals surface area (Å²) in [7, 11) is 0. The number of rotatable bonds is 2. The number of amides is 1. The fourth-order valence-electron chi connectivity index (χ4n) is 2.25. The molecule has 4 heteroatoms. The number of aryl methyl sites for hydroxylation is 1. The Bertz CT molecular complexity index is 397. The number of aromatic nitrogens is 1. The quantitative estimate of drug-likeness (QED) is 0.811. The number of nitrogens with one attached hydrogen (secondary N) is 1. The summed E-state index contributed by atoms with van der Waals surface area (Å²) in [6, 6.07) is 2.35. The third-order valence-electron chi connectivity index (χ3n) is 3.37. The van der Waals surface area contributed by atoms with Crippen LogP contribution in [0.5, 0.6) is 0 Å². The van der Waals surface area contributed by atoms with E-state index < -0.39 is 0 Å². The lowest BCUT2D eigenvalue weighted by Crippen LogP contribution is -2.40. The lowest BCUT2D eigenvalue weighted by atomic mass is 9.91. The van der Waals surface area contributed by atoms with Gasteiger partial charge in [0.05, 0.1) is 0 Å². The van der Waals surface area contributed by atoms with E-state index in [0.717, 1.165) is 36.8 Å². The fourth-order valence-corrected chi connectivity index (χ4v) is 2.25. The minimum Gasteiger partial charge on any atom is -0.349 e. The molecule has 0 aliphatic heterocycles. The largest absolute Gasteiger partial charge is 0.349 e. The first kappa shape index (κ1) is 12.0. The van der Waals surface area contributed by atoms with Crippen molar-refractivity contribution in [1.82, 2.24) is 10.3 Å². The first-order valence-corrected chi connectivity index (χ1v) is 6.14. The summed E-state index contributed by atoms with van der Waals surface area (Å²) < 4.78 is 0. The highest BCUT2D eigenvalue weighted by Crippen LogP contribution is 2.17. The third kappa shape index (κ3) is 3.03. The highest BCUT2D eigenvalue weighted by Gasteiger charge is 2.20. The molecule has 0 radical (unpaired) electrons. The summed E-state index contributed by atoms with van der Waals surface area (Å²) in [6.45, 7) is 1.90. The Kier molecular flexibility index (Phi) is 3.74. The maximum atomic E-state index is 12.0. The zero-order valence-electron chi connectivity index (χ0n) is 10.1. The van der Waals surface area contributed by atoms with Crippen molar-refractivity contribution in [3.05, 3.63) is 29.6 Å². The predicted molar refractivity (Wildman–Crippen MR) is 66.7 cm³/mol. The molecular formula is C13H19N3O. The van der Waals surface area contributed by atoms with Gasteiger partial charge in [-0.05, 0) is 44.2 Å². The van der Waals surface area contributed by atoms with Crippen molar-refractivity contribution in [2.75, 3.05) is 0 Å². The molecule has 0 spiro atoms. The van der Waals surface area contributed by atoms with Crippen LogP contribution in [-0.2, 0) is 0 Å². The number of carbonyl (C=O) groups is 1. The van der Waals surface area contributed by atoms with Gasteiger partial charge in [-0.2, -0.15) is 0 Å². The molecule has 0 aromatic carbocycles. The molecule has 4 nitrogen and oxygen atoms in total. The van der Waals surface area contributed by atoms with Crippen LogP contribution in [0.4, 0.5) is 0 Å². The van der Waals surface area contributed by atoms with Crippen molar-refractivity contribution in [2.24, 2.45) is 5.73 Å². The molecule has 17 heavy (non-hydrogen) atoms. The number of carbonyl (C=O) groups excluding carboxylic acids is 1. The van der Waals surface area contributed by atoms with E-state index in [1.807, 2.05) is 6.92 Å². The predicted octanol–water partition coefficient (Wildman–Crippen LogP) is 1.39. The molecule has 92 valence electrons. The van der Waals surface area contributed by atoms with Gasteiger partial charge in [0, 0.05) is 30.0 Å². The normalized spacial score (nSPS) is 24.4. The number of pyridine rings is 1. The van der Waals surface area contributed by atoms with Gasteiger partial charge in [0.2, 0.25) is 0 Å². The van der Waals surface area contributed by atoms with E-state index in [0.29, 0.717) is 6.04 Å². The average Bonchev–Trinajstić information content (AvgIpc) is 2.32. The Morgan fingerprint density at radius 2 is 2.12 bits per heavy atom. The maximum absolute atomic E-state index is 12.0. The summed E-state index contributed by atoms with van der Waals surface area (Å²) in [4.78, 5) is 16.0. The summed E-state index contributed by atoms with van der Waals surface area (Å²) >= 11 is 0. The van der Waals surface area contributed by atoms with Gasteiger partial charge in [0.1, 0.15) is 0 Å². The van der Waals surface area contributed by atoms with E-state index in [-0.39, 0.29) is 11.9 Å². The van der Waals surface area contributed by atoms with E-state index in [4.69, 9.17) is 5.73 Å². The minimum atomic E-state index is 0.00497. The highest BCUT2D eigenvalue weighted by molar-refractivity contribution is 5.95. The minimum absolute atomic E-state index is 0.00497. The second-order valence-corrected chi connectivity index (χ2v) is 4.78. The summed E-state index contributed by atoms with van der Waals surface area (Å²) in [5.74, 6) is 0.00497. The van der Waals surface area contributed by atoms with E-state index in [9.17, 15) is 4.79 Å². The molecule has 1 amide bonds. The smallest absolute Gasteiger partial charge is 0.251 e. The van der Waals surface area contributed by atoms with Gasteiger partial charge in [-0.15, -0.1) is 0 Å². The second kappa shape index (κ2) is 5.27. The van der Waals surface area contributed by atoms with Crippen molar-refractivity contribution >= 4 is 5.91 Å². The zero-order chi connectivity index (χ0) is 12.3. The van der Waals surface area contributed by atoms with E-state index >= 15 is 0 Å². The van der Waals surface area contributed by atoms with Gasteiger partial charge < -0.3 is 11.1 Å². The van der Waals surface area contributed by atoms with Gasteiger partial charge in [0.25, 0.3) is 5.91 Å². The van der Waals surface area contributed by atoms with Crippen molar-refractivity contribution in [2.45, 2.75) is 44.7 Å². The van der Waals surface area contributed by atoms with E-state index in [2.05, 4.69) is 10.3 Å². The molecular weight excluding hydrogens is 214 g/mol. The van der Waals surface area contributed by atoms with Gasteiger partial charge in [0.15, 0.2) is 0 Å². The molecule has 1 fully saturated rings. The van der Waals surface area contributed by atoms with Crippen LogP contribution in [0.15, 0.2) is 18.5 Å². The van der Waals surface area contributed by atoms with Gasteiger partial charge in [-0.3, -0.25) is 9.78 Å². The first-order chi connectivity index (χ1) is 8.16. The van der Waals surface area contributed by atoms with Crippen molar-refractivity contribution in [3.8, 4) is 0 Å². The molecule has 1 aliphatic carbocycles. The van der Waals surface area contributed by atoms with Crippen LogP contribution in [0.2, 0.25) is 0 Å². The molecule has 0 saturated heterocycles. The lowest BCUT2D eigenvalue weighted by molar-refractivity contribution is 0.0925. The summed E-state index contributed by atoms with van der Waals surface area (Å²) in [5, 5.41) is 3.07. The van der Waals surface area contributed by atoms with Crippen LogP contribution in [-0.4, -0.2) is 23.0 Å². The van der Waals surface area contributed by atoms with Crippen LogP contribution in [0.25, 0.3) is 0 Å². The van der Waals surface area contributed by atoms with Gasteiger partial charge in [-0.1, -0.05) is 0 Å². The van der Waals surface area contributed by atoms with Gasteiger partial charge in [-0.25, -0.2) is 0 Å². The maximum Gasteiger partial charge on any atom is 0.251 e. The van der Waals surface area contributed by atoms with Gasteiger partial charge >= 0.3 is 0 Å². The second-order valence-electron chi connectivity index (χ2n) is 4.78. The molecule has 2 rings (SSSR count). The molecule has 1 saturated carbocycles. The Balaban J connectivity index is 1.96. The molecule has 0 unspecified atom stereocenters. The number of hydrogen-bond donors (Lipinski definition) is 2. The van der Waals surface area contributed by atoms with Crippen LogP contribution >= 0.6 is 0 Å². The number of nitrogens with two attached hydrogens (primary N) is 1. The van der Waals surface area contributed by atoms with Crippen LogP contribution in [0, 0.1) is 6.92 Å².